The van der Waals surface area contributed by atoms with E-state index in [-0.39, 0.29) is 24.0 Å². The average Bonchev–Trinajstić information content (AvgIpc) is 3.19. The summed E-state index contributed by atoms with van der Waals surface area (Å²) in [4.78, 5) is 4.65. The number of aliphatic imine (C=N–C) groups is 1. The summed E-state index contributed by atoms with van der Waals surface area (Å²) in [5, 5.41) is 10.8. The third-order valence-electron chi connectivity index (χ3n) is 4.66. The lowest BCUT2D eigenvalue weighted by atomic mass is 9.99. The Morgan fingerprint density at radius 3 is 2.48 bits per heavy atom. The van der Waals surface area contributed by atoms with E-state index in [1.807, 2.05) is 31.2 Å². The molecule has 8 heteroatoms. The van der Waals surface area contributed by atoms with E-state index in [1.165, 1.54) is 0 Å². The molecule has 7 nitrogen and oxygen atoms in total. The van der Waals surface area contributed by atoms with Gasteiger partial charge in [-0.3, -0.25) is 0 Å². The molecule has 0 aliphatic carbocycles. The van der Waals surface area contributed by atoms with E-state index in [4.69, 9.17) is 14.0 Å². The Balaban J connectivity index is 0.00000420. The molecule has 1 aromatic carbocycles. The quantitative estimate of drug-likeness (QED) is 0.276. The van der Waals surface area contributed by atoms with Gasteiger partial charge in [-0.25, -0.2) is 4.99 Å². The van der Waals surface area contributed by atoms with Crippen molar-refractivity contribution in [2.75, 3.05) is 20.8 Å². The fourth-order valence-corrected chi connectivity index (χ4v) is 2.97. The minimum absolute atomic E-state index is 0. The predicted octanol–water partition coefficient (Wildman–Crippen LogP) is 4.47. The number of nitrogens with one attached hydrogen (secondary N) is 2. The Labute approximate surface area is 190 Å². The highest BCUT2D eigenvalue weighted by Gasteiger charge is 2.13. The Kier molecular flexibility index (Phi) is 11.5. The zero-order valence-corrected chi connectivity index (χ0v) is 20.3. The van der Waals surface area contributed by atoms with Gasteiger partial charge in [-0.1, -0.05) is 19.0 Å². The fraction of sp³-hybridized carbons (Fsp3) is 0.524. The van der Waals surface area contributed by atoms with Crippen LogP contribution in [0.5, 0.6) is 11.5 Å². The van der Waals surface area contributed by atoms with Crippen molar-refractivity contribution in [3.8, 4) is 11.5 Å². The molecule has 0 unspecified atom stereocenters. The number of nitrogens with zero attached hydrogens (tertiary/aromatic N) is 2. The summed E-state index contributed by atoms with van der Waals surface area (Å²) in [6.45, 7) is 8.15. The van der Waals surface area contributed by atoms with Gasteiger partial charge in [0.15, 0.2) is 11.7 Å². The van der Waals surface area contributed by atoms with Crippen molar-refractivity contribution in [3.63, 3.8) is 0 Å². The summed E-state index contributed by atoms with van der Waals surface area (Å²) in [5.74, 6) is 3.47. The minimum Gasteiger partial charge on any atom is -0.497 e. The third kappa shape index (κ3) is 7.41. The maximum atomic E-state index is 5.47. The van der Waals surface area contributed by atoms with Crippen LogP contribution in [0.2, 0.25) is 0 Å². The molecule has 0 atom stereocenters. The molecule has 0 radical (unpaired) electrons. The second kappa shape index (κ2) is 13.3. The molecule has 1 heterocycles. The van der Waals surface area contributed by atoms with Crippen molar-refractivity contribution in [2.45, 2.75) is 52.6 Å². The van der Waals surface area contributed by atoms with E-state index in [0.29, 0.717) is 25.0 Å². The highest BCUT2D eigenvalue weighted by Crippen LogP contribution is 2.25. The van der Waals surface area contributed by atoms with Gasteiger partial charge in [-0.05, 0) is 31.9 Å². The lowest BCUT2D eigenvalue weighted by molar-refractivity contribution is 0.368. The molecule has 0 aliphatic heterocycles. The van der Waals surface area contributed by atoms with Crippen LogP contribution in [-0.2, 0) is 13.1 Å². The van der Waals surface area contributed by atoms with E-state index in [1.54, 1.807) is 14.2 Å². The first-order valence-electron chi connectivity index (χ1n) is 9.83. The Morgan fingerprint density at radius 2 is 1.86 bits per heavy atom. The second-order valence-electron chi connectivity index (χ2n) is 6.46. The molecule has 0 bridgehead atoms. The average molecular weight is 516 g/mol. The van der Waals surface area contributed by atoms with Gasteiger partial charge in [0, 0.05) is 30.2 Å². The van der Waals surface area contributed by atoms with Crippen molar-refractivity contribution in [3.05, 3.63) is 41.3 Å². The molecule has 0 saturated carbocycles. The SMILES string of the molecule is CCNC(=NCc1ccc(OC)cc1OC)NCc1cc(C(CC)CC)no1.I. The molecule has 0 spiro atoms. The highest BCUT2D eigenvalue weighted by atomic mass is 127. The molecule has 0 amide bonds. The number of methoxy groups -OCH3 is 2. The zero-order valence-electron chi connectivity index (χ0n) is 17.9. The molecule has 162 valence electrons. The first kappa shape index (κ1) is 25.1. The van der Waals surface area contributed by atoms with Gasteiger partial charge in [-0.2, -0.15) is 0 Å². The number of rotatable bonds is 10. The molecule has 29 heavy (non-hydrogen) atoms. The summed E-state index contributed by atoms with van der Waals surface area (Å²) in [6, 6.07) is 7.75. The predicted molar refractivity (Wildman–Crippen MR) is 126 cm³/mol. The third-order valence-corrected chi connectivity index (χ3v) is 4.66. The first-order valence-corrected chi connectivity index (χ1v) is 9.83. The van der Waals surface area contributed by atoms with E-state index in [2.05, 4.69) is 34.6 Å². The Bertz CT molecular complexity index is 760. The molecule has 2 aromatic rings. The summed E-state index contributed by atoms with van der Waals surface area (Å²) < 4.78 is 16.2. The van der Waals surface area contributed by atoms with E-state index in [0.717, 1.165) is 47.9 Å². The molecular formula is C21H33IN4O3. The van der Waals surface area contributed by atoms with Gasteiger partial charge in [-0.15, -0.1) is 24.0 Å². The maximum Gasteiger partial charge on any atom is 0.191 e. The van der Waals surface area contributed by atoms with E-state index in [9.17, 15) is 0 Å². The second-order valence-corrected chi connectivity index (χ2v) is 6.46. The monoisotopic (exact) mass is 516 g/mol. The minimum atomic E-state index is 0. The lowest BCUT2D eigenvalue weighted by Gasteiger charge is -2.12. The van der Waals surface area contributed by atoms with Crippen LogP contribution in [0.25, 0.3) is 0 Å². The largest absolute Gasteiger partial charge is 0.497 e. The normalized spacial score (nSPS) is 11.2. The van der Waals surface area contributed by atoms with Crippen molar-refractivity contribution < 1.29 is 14.0 Å². The first-order chi connectivity index (χ1) is 13.6. The van der Waals surface area contributed by atoms with Gasteiger partial charge in [0.2, 0.25) is 0 Å². The van der Waals surface area contributed by atoms with Crippen LogP contribution in [0.1, 0.15) is 56.5 Å². The number of hydrogen-bond acceptors (Lipinski definition) is 5. The molecule has 0 aliphatic rings. The van der Waals surface area contributed by atoms with Crippen molar-refractivity contribution in [1.29, 1.82) is 0 Å². The van der Waals surface area contributed by atoms with Crippen LogP contribution in [0.15, 0.2) is 33.8 Å². The summed E-state index contributed by atoms with van der Waals surface area (Å²) >= 11 is 0. The Hall–Kier alpha value is -1.97. The number of guanidine groups is 1. The molecule has 2 rings (SSSR count). The zero-order chi connectivity index (χ0) is 20.4. The smallest absolute Gasteiger partial charge is 0.191 e. The number of hydrogen-bond donors (Lipinski definition) is 2. The van der Waals surface area contributed by atoms with Gasteiger partial charge < -0.3 is 24.6 Å². The standard InChI is InChI=1S/C21H32N4O3.HI/c1-6-15(7-2)19-11-18(28-25-19)14-24-21(22-8-3)23-13-16-9-10-17(26-4)12-20(16)27-5;/h9-12,15H,6-8,13-14H2,1-5H3,(H2,22,23,24);1H. The molecular weight excluding hydrogens is 483 g/mol. The highest BCUT2D eigenvalue weighted by molar-refractivity contribution is 14.0. The Morgan fingerprint density at radius 1 is 1.10 bits per heavy atom. The molecule has 0 saturated heterocycles. The van der Waals surface area contributed by atoms with Crippen molar-refractivity contribution in [2.24, 2.45) is 4.99 Å². The van der Waals surface area contributed by atoms with Crippen LogP contribution in [0, 0.1) is 0 Å². The fourth-order valence-electron chi connectivity index (χ4n) is 2.97. The number of halogens is 1. The summed E-state index contributed by atoms with van der Waals surface area (Å²) in [5.41, 5.74) is 2.00. The maximum absolute atomic E-state index is 5.47. The van der Waals surface area contributed by atoms with E-state index < -0.39 is 0 Å². The van der Waals surface area contributed by atoms with Gasteiger partial charge >= 0.3 is 0 Å². The van der Waals surface area contributed by atoms with Crippen LogP contribution >= 0.6 is 24.0 Å². The van der Waals surface area contributed by atoms with Crippen LogP contribution < -0.4 is 20.1 Å². The van der Waals surface area contributed by atoms with Gasteiger partial charge in [0.1, 0.15) is 11.5 Å². The van der Waals surface area contributed by atoms with Crippen molar-refractivity contribution in [1.82, 2.24) is 15.8 Å². The van der Waals surface area contributed by atoms with Crippen molar-refractivity contribution >= 4 is 29.9 Å². The van der Waals surface area contributed by atoms with Gasteiger partial charge in [0.25, 0.3) is 0 Å². The molecule has 1 aromatic heterocycles. The number of ether oxygens (including phenoxy) is 2. The summed E-state index contributed by atoms with van der Waals surface area (Å²) in [6.07, 6.45) is 2.12. The molecule has 2 N–H and O–H groups in total. The van der Waals surface area contributed by atoms with Crippen LogP contribution in [-0.4, -0.2) is 31.9 Å². The van der Waals surface area contributed by atoms with Crippen LogP contribution in [0.4, 0.5) is 0 Å². The van der Waals surface area contributed by atoms with E-state index >= 15 is 0 Å². The molecule has 0 fully saturated rings. The van der Waals surface area contributed by atoms with Gasteiger partial charge in [0.05, 0.1) is 33.0 Å². The number of benzene rings is 1. The topological polar surface area (TPSA) is 80.9 Å². The lowest BCUT2D eigenvalue weighted by Crippen LogP contribution is -2.36. The number of aromatic nitrogens is 1. The summed E-state index contributed by atoms with van der Waals surface area (Å²) in [7, 11) is 3.28. The van der Waals surface area contributed by atoms with Crippen LogP contribution in [0.3, 0.4) is 0 Å².